The molecule has 0 spiro atoms. The Morgan fingerprint density at radius 3 is 2.58 bits per heavy atom. The van der Waals surface area contributed by atoms with Gasteiger partial charge in [-0.25, -0.2) is 9.78 Å². The lowest BCUT2D eigenvalue weighted by atomic mass is 9.88. The molecule has 2 aromatic rings. The summed E-state index contributed by atoms with van der Waals surface area (Å²) in [6, 6.07) is 7.42. The first-order valence-electron chi connectivity index (χ1n) is 11.1. The van der Waals surface area contributed by atoms with Crippen molar-refractivity contribution in [1.29, 1.82) is 0 Å². The number of aliphatic hydroxyl groups is 1. The van der Waals surface area contributed by atoms with Gasteiger partial charge in [0.25, 0.3) is 0 Å². The van der Waals surface area contributed by atoms with Crippen LogP contribution in [0.2, 0.25) is 18.1 Å². The zero-order chi connectivity index (χ0) is 23.0. The maximum absolute atomic E-state index is 12.0. The predicted molar refractivity (Wildman–Crippen MR) is 125 cm³/mol. The number of hydrogen-bond acceptors (Lipinski definition) is 4. The number of imidazole rings is 1. The topological polar surface area (TPSA) is 87.8 Å². The molecule has 31 heavy (non-hydrogen) atoms. The third-order valence-corrected chi connectivity index (χ3v) is 11.4. The normalized spacial score (nSPS) is 22.5. The van der Waals surface area contributed by atoms with E-state index >= 15 is 0 Å². The van der Waals surface area contributed by atoms with Gasteiger partial charge in [0.15, 0.2) is 8.32 Å². The highest BCUT2D eigenvalue weighted by Crippen LogP contribution is 2.40. The molecule has 1 amide bonds. The average molecular weight is 448 g/mol. The Hall–Kier alpha value is -1.90. The van der Waals surface area contributed by atoms with Crippen LogP contribution in [0.15, 0.2) is 30.6 Å². The zero-order valence-electron chi connectivity index (χ0n) is 19.6. The van der Waals surface area contributed by atoms with E-state index in [4.69, 9.17) is 4.43 Å². The van der Waals surface area contributed by atoms with Crippen molar-refractivity contribution >= 4 is 25.4 Å². The van der Waals surface area contributed by atoms with Gasteiger partial charge in [0.05, 0.1) is 41.7 Å². The molecular weight excluding hydrogens is 410 g/mol. The third kappa shape index (κ3) is 5.30. The highest BCUT2D eigenvalue weighted by atomic mass is 28.4. The van der Waals surface area contributed by atoms with Gasteiger partial charge in [-0.05, 0) is 50.0 Å². The van der Waals surface area contributed by atoms with Crippen molar-refractivity contribution in [2.75, 3.05) is 6.54 Å². The molecule has 0 saturated carbocycles. The van der Waals surface area contributed by atoms with Crippen LogP contribution in [-0.4, -0.2) is 63.4 Å². The lowest BCUT2D eigenvalue weighted by molar-refractivity contribution is -0.0389. The molecule has 2 heterocycles. The van der Waals surface area contributed by atoms with Gasteiger partial charge in [-0.2, -0.15) is 0 Å². The Labute approximate surface area is 186 Å². The van der Waals surface area contributed by atoms with E-state index in [1.807, 2.05) is 28.8 Å². The second-order valence-corrected chi connectivity index (χ2v) is 15.4. The highest BCUT2D eigenvalue weighted by Gasteiger charge is 2.45. The molecule has 0 radical (unpaired) electrons. The van der Waals surface area contributed by atoms with Crippen LogP contribution >= 0.6 is 0 Å². The molecule has 1 aromatic heterocycles. The van der Waals surface area contributed by atoms with Gasteiger partial charge >= 0.3 is 6.09 Å². The van der Waals surface area contributed by atoms with Crippen LogP contribution in [0.5, 0.6) is 0 Å². The molecule has 172 valence electrons. The number of para-hydroxylation sites is 2. The molecular formula is C23H37N3O4Si. The van der Waals surface area contributed by atoms with Crippen molar-refractivity contribution in [3.8, 4) is 0 Å². The monoisotopic (exact) mass is 447 g/mol. The summed E-state index contributed by atoms with van der Waals surface area (Å²) < 4.78 is 8.63. The molecule has 1 aromatic carbocycles. The lowest BCUT2D eigenvalue weighted by Gasteiger charge is -2.47. The van der Waals surface area contributed by atoms with Gasteiger partial charge < -0.3 is 24.1 Å². The molecule has 0 bridgehead atoms. The number of benzene rings is 1. The largest absolute Gasteiger partial charge is 0.465 e. The smallest absolute Gasteiger partial charge is 0.407 e. The summed E-state index contributed by atoms with van der Waals surface area (Å²) in [4.78, 5) is 17.9. The Bertz CT molecular complexity index is 919. The second-order valence-electron chi connectivity index (χ2n) is 10.7. The van der Waals surface area contributed by atoms with E-state index in [1.54, 1.807) is 13.3 Å². The first-order valence-corrected chi connectivity index (χ1v) is 14.0. The molecule has 0 aliphatic carbocycles. The Balaban J connectivity index is 1.84. The fourth-order valence-corrected chi connectivity index (χ4v) is 5.60. The van der Waals surface area contributed by atoms with Gasteiger partial charge in [-0.15, -0.1) is 0 Å². The van der Waals surface area contributed by atoms with E-state index in [2.05, 4.69) is 38.8 Å². The number of hydrogen-bond donors (Lipinski definition) is 2. The molecule has 3 rings (SSSR count). The minimum atomic E-state index is -2.09. The molecule has 1 saturated heterocycles. The molecule has 3 atom stereocenters. The first-order chi connectivity index (χ1) is 14.3. The van der Waals surface area contributed by atoms with Gasteiger partial charge in [-0.1, -0.05) is 32.9 Å². The predicted octanol–water partition coefficient (Wildman–Crippen LogP) is 4.71. The fourth-order valence-electron chi connectivity index (χ4n) is 4.21. The van der Waals surface area contributed by atoms with Crippen LogP contribution in [0.1, 0.15) is 47.0 Å². The Morgan fingerprint density at radius 2 is 1.94 bits per heavy atom. The van der Waals surface area contributed by atoms with Crippen LogP contribution in [0.3, 0.4) is 0 Å². The van der Waals surface area contributed by atoms with Crippen molar-refractivity contribution in [1.82, 2.24) is 14.5 Å². The van der Waals surface area contributed by atoms with Crippen molar-refractivity contribution in [2.45, 2.75) is 89.4 Å². The standard InChI is InChI=1S/C23H37N3O4Si/c1-22(2,3)31(5,6)30-20-12-9-13-26(21(27)28)19(20)14-23(4,29)15-25-16-24-17-10-7-8-11-18(17)25/h7-8,10-11,16,19-20,29H,9,12-15H2,1-6H3,(H,27,28)/t19-,20+,23?/m1/s1. The highest BCUT2D eigenvalue weighted by molar-refractivity contribution is 6.74. The summed E-state index contributed by atoms with van der Waals surface area (Å²) in [6.45, 7) is 13.5. The van der Waals surface area contributed by atoms with Gasteiger partial charge in [0.2, 0.25) is 0 Å². The SMILES string of the molecule is CC(O)(C[C@@H]1[C@@H](O[Si](C)(C)C(C)(C)C)CCCN1C(=O)O)Cn1cnc2ccccc21. The number of carboxylic acid groups (broad SMARTS) is 1. The van der Waals surface area contributed by atoms with E-state index in [9.17, 15) is 15.0 Å². The maximum Gasteiger partial charge on any atom is 0.407 e. The molecule has 1 fully saturated rings. The van der Waals surface area contributed by atoms with Crippen molar-refractivity contribution in [3.63, 3.8) is 0 Å². The third-order valence-electron chi connectivity index (χ3n) is 6.90. The van der Waals surface area contributed by atoms with Crippen molar-refractivity contribution < 1.29 is 19.4 Å². The minimum Gasteiger partial charge on any atom is -0.465 e. The van der Waals surface area contributed by atoms with E-state index in [-0.39, 0.29) is 17.2 Å². The number of carbonyl (C=O) groups is 1. The summed E-state index contributed by atoms with van der Waals surface area (Å²) in [7, 11) is -2.09. The van der Waals surface area contributed by atoms with Gasteiger partial charge in [0, 0.05) is 13.0 Å². The summed E-state index contributed by atoms with van der Waals surface area (Å²) in [6.07, 6.45) is 2.47. The van der Waals surface area contributed by atoms with E-state index < -0.39 is 20.0 Å². The number of piperidine rings is 1. The summed E-state index contributed by atoms with van der Waals surface area (Å²) >= 11 is 0. The molecule has 2 N–H and O–H groups in total. The number of nitrogens with zero attached hydrogens (tertiary/aromatic N) is 3. The van der Waals surface area contributed by atoms with Crippen LogP contribution in [0, 0.1) is 0 Å². The zero-order valence-corrected chi connectivity index (χ0v) is 20.6. The Morgan fingerprint density at radius 1 is 1.26 bits per heavy atom. The van der Waals surface area contributed by atoms with Crippen molar-refractivity contribution in [2.24, 2.45) is 0 Å². The van der Waals surface area contributed by atoms with Crippen LogP contribution < -0.4 is 0 Å². The summed E-state index contributed by atoms with van der Waals surface area (Å²) in [5.74, 6) is 0. The lowest BCUT2D eigenvalue weighted by Crippen LogP contribution is -2.58. The van der Waals surface area contributed by atoms with E-state index in [0.29, 0.717) is 19.5 Å². The minimum absolute atomic E-state index is 0.0291. The number of fused-ring (bicyclic) bond motifs is 1. The summed E-state index contributed by atoms with van der Waals surface area (Å²) in [5, 5.41) is 21.3. The molecule has 7 nitrogen and oxygen atoms in total. The number of amides is 1. The van der Waals surface area contributed by atoms with Gasteiger partial charge in [-0.3, -0.25) is 0 Å². The molecule has 8 heteroatoms. The number of aromatic nitrogens is 2. The van der Waals surface area contributed by atoms with Crippen molar-refractivity contribution in [3.05, 3.63) is 30.6 Å². The van der Waals surface area contributed by atoms with Crippen LogP contribution in [0.25, 0.3) is 11.0 Å². The van der Waals surface area contributed by atoms with E-state index in [0.717, 1.165) is 23.9 Å². The van der Waals surface area contributed by atoms with E-state index in [1.165, 1.54) is 4.90 Å². The first kappa shape index (κ1) is 23.8. The molecule has 1 unspecified atom stereocenters. The van der Waals surface area contributed by atoms with Crippen LogP contribution in [0.4, 0.5) is 4.79 Å². The fraction of sp³-hybridized carbons (Fsp3) is 0.652. The molecule has 1 aliphatic rings. The number of rotatable bonds is 6. The molecule has 1 aliphatic heterocycles. The quantitative estimate of drug-likeness (QED) is 0.626. The summed E-state index contributed by atoms with van der Waals surface area (Å²) in [5.41, 5.74) is 0.714. The average Bonchev–Trinajstić information content (AvgIpc) is 3.04. The maximum atomic E-state index is 12.0. The second kappa shape index (κ2) is 8.56. The van der Waals surface area contributed by atoms with Gasteiger partial charge in [0.1, 0.15) is 0 Å². The number of likely N-dealkylation sites (tertiary alicyclic amines) is 1. The van der Waals surface area contributed by atoms with Crippen LogP contribution in [-0.2, 0) is 11.0 Å². The Kier molecular flexibility index (Phi) is 6.56.